The molecule has 0 aliphatic heterocycles. The lowest BCUT2D eigenvalue weighted by molar-refractivity contribution is 0.272. The van der Waals surface area contributed by atoms with Crippen molar-refractivity contribution in [3.8, 4) is 0 Å². The quantitative estimate of drug-likeness (QED) is 0.193. The molecule has 33 heavy (non-hydrogen) atoms. The van der Waals surface area contributed by atoms with E-state index >= 15 is 0 Å². The molecule has 0 aliphatic rings. The molecule has 0 aliphatic carbocycles. The number of rotatable bonds is 9. The second-order valence-corrected chi connectivity index (χ2v) is 10.3. The van der Waals surface area contributed by atoms with Crippen molar-refractivity contribution in [3.63, 3.8) is 0 Å². The molecule has 5 nitrogen and oxygen atoms in total. The van der Waals surface area contributed by atoms with E-state index < -0.39 is 0 Å². The van der Waals surface area contributed by atoms with E-state index in [9.17, 15) is 0 Å². The SMILES string of the molecule is CCC(c1nnc(SCc2cc3ccc(SC)cc3nc2Cl)n1Cc1ccccc1)N(C)C. The predicted molar refractivity (Wildman–Crippen MR) is 140 cm³/mol. The second-order valence-electron chi connectivity index (χ2n) is 8.09. The van der Waals surface area contributed by atoms with Gasteiger partial charge in [0.1, 0.15) is 5.15 Å². The van der Waals surface area contributed by atoms with Crippen LogP contribution in [0.2, 0.25) is 5.15 Å². The lowest BCUT2D eigenvalue weighted by atomic mass is 10.2. The summed E-state index contributed by atoms with van der Waals surface area (Å²) < 4.78 is 2.24. The van der Waals surface area contributed by atoms with Crippen molar-refractivity contribution in [1.29, 1.82) is 0 Å². The molecule has 2 aromatic carbocycles. The van der Waals surface area contributed by atoms with Crippen LogP contribution in [0, 0.1) is 0 Å². The van der Waals surface area contributed by atoms with Gasteiger partial charge in [0.25, 0.3) is 0 Å². The summed E-state index contributed by atoms with van der Waals surface area (Å²) in [5.74, 6) is 1.67. The van der Waals surface area contributed by atoms with Gasteiger partial charge in [0.2, 0.25) is 0 Å². The average molecular weight is 498 g/mol. The van der Waals surface area contributed by atoms with E-state index in [1.807, 2.05) is 6.07 Å². The molecule has 0 fully saturated rings. The number of hydrogen-bond acceptors (Lipinski definition) is 6. The third kappa shape index (κ3) is 5.54. The number of thioether (sulfide) groups is 2. The van der Waals surface area contributed by atoms with Gasteiger partial charge >= 0.3 is 0 Å². The molecule has 0 bridgehead atoms. The van der Waals surface area contributed by atoms with Gasteiger partial charge in [0.05, 0.1) is 18.1 Å². The molecule has 8 heteroatoms. The summed E-state index contributed by atoms with van der Waals surface area (Å²) in [5.41, 5.74) is 3.15. The smallest absolute Gasteiger partial charge is 0.191 e. The summed E-state index contributed by atoms with van der Waals surface area (Å²) in [5, 5.41) is 11.7. The van der Waals surface area contributed by atoms with Gasteiger partial charge < -0.3 is 4.57 Å². The van der Waals surface area contributed by atoms with E-state index in [1.165, 1.54) is 10.5 Å². The predicted octanol–water partition coefficient (Wildman–Crippen LogP) is 6.55. The topological polar surface area (TPSA) is 46.8 Å². The van der Waals surface area contributed by atoms with Crippen molar-refractivity contribution in [3.05, 3.63) is 76.7 Å². The van der Waals surface area contributed by atoms with Crippen molar-refractivity contribution in [2.24, 2.45) is 0 Å². The van der Waals surface area contributed by atoms with E-state index in [-0.39, 0.29) is 6.04 Å². The summed E-state index contributed by atoms with van der Waals surface area (Å²) in [7, 11) is 4.18. The molecule has 1 unspecified atom stereocenters. The second kappa shape index (κ2) is 10.9. The van der Waals surface area contributed by atoms with Gasteiger partial charge in [-0.25, -0.2) is 4.98 Å². The zero-order chi connectivity index (χ0) is 23.4. The number of pyridine rings is 1. The van der Waals surface area contributed by atoms with Gasteiger partial charge in [-0.15, -0.1) is 22.0 Å². The van der Waals surface area contributed by atoms with Crippen molar-refractivity contribution >= 4 is 46.0 Å². The molecule has 0 saturated carbocycles. The average Bonchev–Trinajstić information content (AvgIpc) is 3.20. The molecule has 2 aromatic heterocycles. The number of halogens is 1. The monoisotopic (exact) mass is 497 g/mol. The Morgan fingerprint density at radius 3 is 2.55 bits per heavy atom. The number of nitrogens with zero attached hydrogens (tertiary/aromatic N) is 5. The fraction of sp³-hybridized carbons (Fsp3) is 0.320. The van der Waals surface area contributed by atoms with E-state index in [4.69, 9.17) is 11.6 Å². The molecule has 0 radical (unpaired) electrons. The minimum Gasteiger partial charge on any atom is -0.300 e. The molecule has 4 rings (SSSR count). The Morgan fingerprint density at radius 1 is 1.06 bits per heavy atom. The molecule has 2 heterocycles. The summed E-state index contributed by atoms with van der Waals surface area (Å²) in [4.78, 5) is 8.03. The minimum absolute atomic E-state index is 0.201. The summed E-state index contributed by atoms with van der Waals surface area (Å²) in [6.07, 6.45) is 3.02. The summed E-state index contributed by atoms with van der Waals surface area (Å²) in [6.45, 7) is 2.92. The van der Waals surface area contributed by atoms with Crippen LogP contribution in [0.15, 0.2) is 64.6 Å². The first-order valence-corrected chi connectivity index (χ1v) is 13.5. The third-order valence-electron chi connectivity index (χ3n) is 5.64. The van der Waals surface area contributed by atoms with Crippen LogP contribution >= 0.6 is 35.1 Å². The Morgan fingerprint density at radius 2 is 1.85 bits per heavy atom. The molecule has 172 valence electrons. The van der Waals surface area contributed by atoms with Gasteiger partial charge in [0.15, 0.2) is 11.0 Å². The van der Waals surface area contributed by atoms with Crippen LogP contribution in [0.1, 0.15) is 36.3 Å². The number of aromatic nitrogens is 4. The van der Waals surface area contributed by atoms with E-state index in [1.54, 1.807) is 23.5 Å². The van der Waals surface area contributed by atoms with Gasteiger partial charge in [0, 0.05) is 21.6 Å². The minimum atomic E-state index is 0.201. The first-order chi connectivity index (χ1) is 16.0. The van der Waals surface area contributed by atoms with Gasteiger partial charge in [-0.2, -0.15) is 0 Å². The first-order valence-electron chi connectivity index (χ1n) is 10.9. The van der Waals surface area contributed by atoms with Gasteiger partial charge in [-0.3, -0.25) is 4.90 Å². The van der Waals surface area contributed by atoms with E-state index in [0.717, 1.165) is 40.4 Å². The zero-order valence-electron chi connectivity index (χ0n) is 19.3. The maximum atomic E-state index is 6.57. The Hall–Kier alpha value is -2.06. The van der Waals surface area contributed by atoms with Gasteiger partial charge in [-0.05, 0) is 50.5 Å². The van der Waals surface area contributed by atoms with Gasteiger partial charge in [-0.1, -0.05) is 66.7 Å². The highest BCUT2D eigenvalue weighted by Crippen LogP contribution is 2.31. The fourth-order valence-electron chi connectivity index (χ4n) is 3.88. The van der Waals surface area contributed by atoms with Crippen LogP contribution in [0.3, 0.4) is 0 Å². The largest absolute Gasteiger partial charge is 0.300 e. The first kappa shape index (κ1) is 24.1. The highest BCUT2D eigenvalue weighted by Gasteiger charge is 2.22. The number of benzene rings is 2. The Balaban J connectivity index is 1.63. The van der Waals surface area contributed by atoms with Crippen LogP contribution in [0.5, 0.6) is 0 Å². The number of hydrogen-bond donors (Lipinski definition) is 0. The molecule has 0 N–H and O–H groups in total. The van der Waals surface area contributed by atoms with Crippen molar-refractivity contribution in [1.82, 2.24) is 24.6 Å². The lowest BCUT2D eigenvalue weighted by Gasteiger charge is -2.23. The Kier molecular flexibility index (Phi) is 7.96. The van der Waals surface area contributed by atoms with Crippen LogP contribution < -0.4 is 0 Å². The van der Waals surface area contributed by atoms with E-state index in [0.29, 0.717) is 10.9 Å². The van der Waals surface area contributed by atoms with Crippen molar-refractivity contribution in [2.75, 3.05) is 20.4 Å². The highest BCUT2D eigenvalue weighted by atomic mass is 35.5. The Bertz CT molecular complexity index is 1230. The highest BCUT2D eigenvalue weighted by molar-refractivity contribution is 7.98. The molecular formula is C25H28ClN5S2. The zero-order valence-corrected chi connectivity index (χ0v) is 21.7. The molecule has 0 saturated heterocycles. The molecule has 4 aromatic rings. The third-order valence-corrected chi connectivity index (χ3v) is 7.71. The number of fused-ring (bicyclic) bond motifs is 1. The van der Waals surface area contributed by atoms with Crippen molar-refractivity contribution in [2.45, 2.75) is 41.7 Å². The molecule has 0 spiro atoms. The fourth-order valence-corrected chi connectivity index (χ4v) is 5.53. The van der Waals surface area contributed by atoms with Crippen LogP contribution in [-0.2, 0) is 12.3 Å². The van der Waals surface area contributed by atoms with Crippen LogP contribution in [0.4, 0.5) is 0 Å². The van der Waals surface area contributed by atoms with Crippen LogP contribution in [-0.4, -0.2) is 45.0 Å². The molecule has 0 amide bonds. The molecular weight excluding hydrogens is 470 g/mol. The summed E-state index contributed by atoms with van der Waals surface area (Å²) in [6, 6.07) is 19.1. The standard InChI is InChI=1S/C25H28ClN5S2/c1-5-22(30(2)3)24-28-29-25(31(24)15-17-9-7-6-8-10-17)33-16-19-13-18-11-12-20(32-4)14-21(18)27-23(19)26/h6-14,22H,5,15-16H2,1-4H3. The normalized spacial score (nSPS) is 12.5. The lowest BCUT2D eigenvalue weighted by Crippen LogP contribution is -2.23. The van der Waals surface area contributed by atoms with E-state index in [2.05, 4.69) is 100 Å². The van der Waals surface area contributed by atoms with Crippen molar-refractivity contribution < 1.29 is 0 Å². The maximum absolute atomic E-state index is 6.57. The Labute approximate surface area is 209 Å². The van der Waals surface area contributed by atoms with Crippen LogP contribution in [0.25, 0.3) is 10.9 Å². The summed E-state index contributed by atoms with van der Waals surface area (Å²) >= 11 is 9.93. The maximum Gasteiger partial charge on any atom is 0.191 e. The molecule has 1 atom stereocenters.